The van der Waals surface area contributed by atoms with E-state index in [4.69, 9.17) is 9.72 Å². The number of aryl methyl sites for hydroxylation is 1. The molecule has 1 fully saturated rings. The monoisotopic (exact) mass is 444 g/mol. The molecule has 1 aliphatic heterocycles. The molecule has 3 aromatic rings. The predicted octanol–water partition coefficient (Wildman–Crippen LogP) is 4.83. The number of carbonyl (C=O) groups is 1. The second kappa shape index (κ2) is 9.71. The third-order valence-electron chi connectivity index (χ3n) is 6.32. The van der Waals surface area contributed by atoms with Crippen molar-refractivity contribution in [2.24, 2.45) is 0 Å². The molecule has 0 atom stereocenters. The van der Waals surface area contributed by atoms with E-state index in [2.05, 4.69) is 28.9 Å². The van der Waals surface area contributed by atoms with Crippen LogP contribution < -0.4 is 4.74 Å². The van der Waals surface area contributed by atoms with Crippen molar-refractivity contribution >= 4 is 5.91 Å². The van der Waals surface area contributed by atoms with Crippen molar-refractivity contribution in [2.45, 2.75) is 38.6 Å². The molecule has 6 heteroatoms. The van der Waals surface area contributed by atoms with Gasteiger partial charge in [0.05, 0.1) is 0 Å². The molecule has 172 valence electrons. The molecule has 0 radical (unpaired) electrons. The number of nitrogens with zero attached hydrogens (tertiary/aromatic N) is 4. The van der Waals surface area contributed by atoms with Gasteiger partial charge in [-0.2, -0.15) is 0 Å². The highest BCUT2D eigenvalue weighted by Crippen LogP contribution is 2.35. The number of benzene rings is 2. The van der Waals surface area contributed by atoms with Gasteiger partial charge < -0.3 is 9.64 Å². The molecule has 0 bridgehead atoms. The maximum atomic E-state index is 12.5. The Morgan fingerprint density at radius 2 is 1.70 bits per heavy atom. The Bertz CT molecular complexity index is 1110. The van der Waals surface area contributed by atoms with E-state index < -0.39 is 0 Å². The molecule has 0 spiro atoms. The van der Waals surface area contributed by atoms with Gasteiger partial charge in [-0.15, -0.1) is 0 Å². The molecule has 2 heterocycles. The molecule has 33 heavy (non-hydrogen) atoms. The highest BCUT2D eigenvalue weighted by atomic mass is 16.5. The van der Waals surface area contributed by atoms with Crippen molar-refractivity contribution in [3.05, 3.63) is 83.4 Å². The predicted molar refractivity (Wildman–Crippen MR) is 130 cm³/mol. The Labute approximate surface area is 196 Å². The maximum Gasteiger partial charge on any atom is 0.272 e. The summed E-state index contributed by atoms with van der Waals surface area (Å²) in [6.45, 7) is 6.85. The van der Waals surface area contributed by atoms with Crippen molar-refractivity contribution in [2.75, 3.05) is 27.2 Å². The minimum Gasteiger partial charge on any atom is -0.457 e. The van der Waals surface area contributed by atoms with Gasteiger partial charge in [-0.25, -0.2) is 9.97 Å². The van der Waals surface area contributed by atoms with E-state index in [9.17, 15) is 4.79 Å². The van der Waals surface area contributed by atoms with E-state index >= 15 is 0 Å². The van der Waals surface area contributed by atoms with Crippen LogP contribution in [-0.2, 0) is 12.0 Å². The Kier molecular flexibility index (Phi) is 6.75. The van der Waals surface area contributed by atoms with E-state index in [0.29, 0.717) is 5.69 Å². The fourth-order valence-electron chi connectivity index (χ4n) is 4.20. The van der Waals surface area contributed by atoms with Crippen molar-refractivity contribution in [1.29, 1.82) is 0 Å². The zero-order chi connectivity index (χ0) is 23.4. The molecule has 0 aliphatic carbocycles. The molecule has 1 amide bonds. The summed E-state index contributed by atoms with van der Waals surface area (Å²) >= 11 is 0. The summed E-state index contributed by atoms with van der Waals surface area (Å²) in [6, 6.07) is 19.9. The maximum absolute atomic E-state index is 12.5. The highest BCUT2D eigenvalue weighted by molar-refractivity contribution is 5.92. The zero-order valence-electron chi connectivity index (χ0n) is 19.9. The molecular formula is C27H32N4O2. The molecule has 4 rings (SSSR count). The molecular weight excluding hydrogens is 412 g/mol. The first-order chi connectivity index (χ1) is 15.8. The van der Waals surface area contributed by atoms with E-state index in [1.165, 1.54) is 5.56 Å². The number of amides is 1. The van der Waals surface area contributed by atoms with E-state index in [1.807, 2.05) is 49.4 Å². The summed E-state index contributed by atoms with van der Waals surface area (Å²) in [5, 5.41) is 0. The molecule has 0 saturated carbocycles. The van der Waals surface area contributed by atoms with Crippen LogP contribution in [0.15, 0.2) is 60.7 Å². The smallest absolute Gasteiger partial charge is 0.272 e. The second-order valence-corrected chi connectivity index (χ2v) is 9.28. The molecule has 0 unspecified atom stereocenters. The Hall–Kier alpha value is -3.25. The highest BCUT2D eigenvalue weighted by Gasteiger charge is 2.35. The molecule has 1 aliphatic rings. The lowest BCUT2D eigenvalue weighted by Gasteiger charge is -2.38. The van der Waals surface area contributed by atoms with Gasteiger partial charge in [-0.3, -0.25) is 9.69 Å². The first kappa shape index (κ1) is 22.9. The fourth-order valence-corrected chi connectivity index (χ4v) is 4.20. The van der Waals surface area contributed by atoms with Crippen molar-refractivity contribution < 1.29 is 9.53 Å². The number of ether oxygens (including phenoxy) is 1. The quantitative estimate of drug-likeness (QED) is 0.545. The Morgan fingerprint density at radius 1 is 1.03 bits per heavy atom. The van der Waals surface area contributed by atoms with Gasteiger partial charge in [0.1, 0.15) is 23.0 Å². The second-order valence-electron chi connectivity index (χ2n) is 9.28. The standard InChI is InChI=1S/C27H32N4O2/c1-20-18-23(25(32)30(3)4)29-26(28-20)27(2)14-16-31(17-15-27)19-21-10-8-9-13-24(21)33-22-11-6-5-7-12-22/h5-13,18H,14-17,19H2,1-4H3. The van der Waals surface area contributed by atoms with Crippen LogP contribution in [0.2, 0.25) is 0 Å². The third kappa shape index (κ3) is 5.40. The lowest BCUT2D eigenvalue weighted by molar-refractivity contribution is 0.0820. The van der Waals surface area contributed by atoms with Gasteiger partial charge >= 0.3 is 0 Å². The lowest BCUT2D eigenvalue weighted by Crippen LogP contribution is -2.42. The number of piperidine rings is 1. The zero-order valence-corrected chi connectivity index (χ0v) is 19.9. The van der Waals surface area contributed by atoms with Crippen LogP contribution in [0.3, 0.4) is 0 Å². The third-order valence-corrected chi connectivity index (χ3v) is 6.32. The Morgan fingerprint density at radius 3 is 2.39 bits per heavy atom. The van der Waals surface area contributed by atoms with Crippen LogP contribution in [0, 0.1) is 6.92 Å². The van der Waals surface area contributed by atoms with Crippen LogP contribution in [0.5, 0.6) is 11.5 Å². The van der Waals surface area contributed by atoms with E-state index in [-0.39, 0.29) is 11.3 Å². The largest absolute Gasteiger partial charge is 0.457 e. The normalized spacial score (nSPS) is 15.8. The molecule has 1 saturated heterocycles. The molecule has 1 aromatic heterocycles. The van der Waals surface area contributed by atoms with Crippen molar-refractivity contribution in [3.8, 4) is 11.5 Å². The summed E-state index contributed by atoms with van der Waals surface area (Å²) in [4.78, 5) is 25.9. The Balaban J connectivity index is 1.45. The number of rotatable bonds is 6. The van der Waals surface area contributed by atoms with E-state index in [1.54, 1.807) is 25.1 Å². The lowest BCUT2D eigenvalue weighted by atomic mass is 9.79. The van der Waals surface area contributed by atoms with Crippen LogP contribution in [0.4, 0.5) is 0 Å². The van der Waals surface area contributed by atoms with Crippen LogP contribution in [0.25, 0.3) is 0 Å². The van der Waals surface area contributed by atoms with Gasteiger partial charge in [-0.05, 0) is 57.1 Å². The number of hydrogen-bond acceptors (Lipinski definition) is 5. The summed E-state index contributed by atoms with van der Waals surface area (Å²) < 4.78 is 6.15. The minimum absolute atomic E-state index is 0.0854. The SMILES string of the molecule is Cc1cc(C(=O)N(C)C)nc(C2(C)CCN(Cc3ccccc3Oc3ccccc3)CC2)n1. The topological polar surface area (TPSA) is 58.6 Å². The van der Waals surface area contributed by atoms with Crippen molar-refractivity contribution in [1.82, 2.24) is 19.8 Å². The summed E-state index contributed by atoms with van der Waals surface area (Å²) in [7, 11) is 3.50. The van der Waals surface area contributed by atoms with Gasteiger partial charge in [-0.1, -0.05) is 43.3 Å². The average Bonchev–Trinajstić information content (AvgIpc) is 2.81. The van der Waals surface area contributed by atoms with Gasteiger partial charge in [0.25, 0.3) is 5.91 Å². The van der Waals surface area contributed by atoms with Crippen LogP contribution in [-0.4, -0.2) is 52.9 Å². The van der Waals surface area contributed by atoms with Crippen LogP contribution in [0.1, 0.15) is 47.3 Å². The average molecular weight is 445 g/mol. The fraction of sp³-hybridized carbons (Fsp3) is 0.370. The van der Waals surface area contributed by atoms with Gasteiger partial charge in [0, 0.05) is 37.3 Å². The van der Waals surface area contributed by atoms with Crippen molar-refractivity contribution in [3.63, 3.8) is 0 Å². The number of hydrogen-bond donors (Lipinski definition) is 0. The molecule has 2 aromatic carbocycles. The number of carbonyl (C=O) groups excluding carboxylic acids is 1. The summed E-state index contributed by atoms with van der Waals surface area (Å²) in [5.74, 6) is 2.43. The number of likely N-dealkylation sites (tertiary alicyclic amines) is 1. The first-order valence-electron chi connectivity index (χ1n) is 11.4. The first-order valence-corrected chi connectivity index (χ1v) is 11.4. The minimum atomic E-state index is -0.149. The molecule has 0 N–H and O–H groups in total. The molecule has 6 nitrogen and oxygen atoms in total. The van der Waals surface area contributed by atoms with Gasteiger partial charge in [0.15, 0.2) is 0 Å². The van der Waals surface area contributed by atoms with Crippen LogP contribution >= 0.6 is 0 Å². The number of aromatic nitrogens is 2. The van der Waals surface area contributed by atoms with Gasteiger partial charge in [0.2, 0.25) is 0 Å². The summed E-state index contributed by atoms with van der Waals surface area (Å²) in [5.41, 5.74) is 2.33. The summed E-state index contributed by atoms with van der Waals surface area (Å²) in [6.07, 6.45) is 1.88. The number of para-hydroxylation sites is 2. The van der Waals surface area contributed by atoms with E-state index in [0.717, 1.165) is 55.5 Å².